The van der Waals surface area contributed by atoms with Crippen LogP contribution in [-0.4, -0.2) is 28.5 Å². The van der Waals surface area contributed by atoms with E-state index in [9.17, 15) is 0 Å². The Labute approximate surface area is 170 Å². The van der Waals surface area contributed by atoms with E-state index < -0.39 is 0 Å². The number of nitriles is 1. The van der Waals surface area contributed by atoms with E-state index in [0.717, 1.165) is 54.0 Å². The molecule has 6 heteroatoms. The fourth-order valence-corrected chi connectivity index (χ4v) is 4.38. The molecule has 5 rings (SSSR count). The molecule has 3 heterocycles. The molecule has 0 saturated carbocycles. The van der Waals surface area contributed by atoms with Crippen molar-refractivity contribution in [2.75, 3.05) is 23.4 Å². The summed E-state index contributed by atoms with van der Waals surface area (Å²) >= 11 is 0. The average Bonchev–Trinajstić information content (AvgIpc) is 3.14. The Bertz CT molecular complexity index is 1090. The minimum Gasteiger partial charge on any atom is -0.377 e. The highest BCUT2D eigenvalue weighted by molar-refractivity contribution is 5.93. The zero-order valence-electron chi connectivity index (χ0n) is 16.9. The van der Waals surface area contributed by atoms with Crippen molar-refractivity contribution in [3.63, 3.8) is 0 Å². The predicted octanol–water partition coefficient (Wildman–Crippen LogP) is 4.95. The first-order valence-corrected chi connectivity index (χ1v) is 10.2. The van der Waals surface area contributed by atoms with E-state index in [-0.39, 0.29) is 11.8 Å². The van der Waals surface area contributed by atoms with Crippen LogP contribution in [0, 0.1) is 11.3 Å². The summed E-state index contributed by atoms with van der Waals surface area (Å²) in [6.07, 6.45) is 5.23. The third-order valence-electron chi connectivity index (χ3n) is 5.77. The molecule has 2 aromatic carbocycles. The third-order valence-corrected chi connectivity index (χ3v) is 5.77. The van der Waals surface area contributed by atoms with Gasteiger partial charge in [-0.05, 0) is 69.5 Å². The van der Waals surface area contributed by atoms with Crippen LogP contribution in [0.15, 0.2) is 42.6 Å². The Morgan fingerprint density at radius 2 is 2.03 bits per heavy atom. The van der Waals surface area contributed by atoms with Gasteiger partial charge >= 0.3 is 0 Å². The van der Waals surface area contributed by atoms with Gasteiger partial charge in [-0.2, -0.15) is 10.4 Å². The molecular weight excluding hydrogens is 362 g/mol. The first-order chi connectivity index (χ1) is 14.0. The summed E-state index contributed by atoms with van der Waals surface area (Å²) in [6, 6.07) is 14.4. The van der Waals surface area contributed by atoms with Gasteiger partial charge in [0.25, 0.3) is 0 Å². The van der Waals surface area contributed by atoms with E-state index in [4.69, 9.17) is 10.00 Å². The van der Waals surface area contributed by atoms with Crippen molar-refractivity contribution in [2.45, 2.75) is 44.9 Å². The molecule has 1 N–H and O–H groups in total. The summed E-state index contributed by atoms with van der Waals surface area (Å²) in [5.41, 5.74) is 4.99. The Morgan fingerprint density at radius 1 is 1.21 bits per heavy atom. The Kier molecular flexibility index (Phi) is 4.21. The molecule has 0 radical (unpaired) electrons. The maximum Gasteiger partial charge on any atom is 0.150 e. The number of aromatic nitrogens is 2. The molecule has 0 bridgehead atoms. The smallest absolute Gasteiger partial charge is 0.150 e. The Morgan fingerprint density at radius 3 is 2.76 bits per heavy atom. The lowest BCUT2D eigenvalue weighted by molar-refractivity contribution is -0.0366. The number of ether oxygens (including phenoxy) is 1. The van der Waals surface area contributed by atoms with Gasteiger partial charge in [0.15, 0.2) is 6.23 Å². The zero-order chi connectivity index (χ0) is 20.0. The van der Waals surface area contributed by atoms with E-state index >= 15 is 0 Å². The molecule has 1 unspecified atom stereocenters. The van der Waals surface area contributed by atoms with Crippen LogP contribution in [0.1, 0.15) is 44.9 Å². The lowest BCUT2D eigenvalue weighted by atomic mass is 9.97. The number of hydrogen-bond donors (Lipinski definition) is 1. The second-order valence-electron chi connectivity index (χ2n) is 8.59. The lowest BCUT2D eigenvalue weighted by Crippen LogP contribution is -2.46. The van der Waals surface area contributed by atoms with Crippen molar-refractivity contribution < 1.29 is 4.74 Å². The molecule has 2 aliphatic heterocycles. The largest absolute Gasteiger partial charge is 0.377 e. The molecule has 1 fully saturated rings. The standard InChI is InChI=1S/C23H25N5O/c1-23(2)15-27(18-8-6-16(13-24)7-9-18)21-12-20-17(11-19(21)26-23)14-25-28(20)22-5-3-4-10-29-22/h6-9,11-12,14,22,26H,3-5,10,15H2,1-2H3. The molecule has 0 aliphatic carbocycles. The normalized spacial score (nSPS) is 20.7. The van der Waals surface area contributed by atoms with Gasteiger partial charge in [-0.3, -0.25) is 0 Å². The number of fused-ring (bicyclic) bond motifs is 2. The molecule has 148 valence electrons. The molecule has 1 atom stereocenters. The fourth-order valence-electron chi connectivity index (χ4n) is 4.38. The van der Waals surface area contributed by atoms with Crippen LogP contribution in [-0.2, 0) is 4.74 Å². The van der Waals surface area contributed by atoms with Crippen molar-refractivity contribution in [3.05, 3.63) is 48.2 Å². The number of hydrogen-bond acceptors (Lipinski definition) is 5. The molecule has 1 aromatic heterocycles. The van der Waals surface area contributed by atoms with Crippen LogP contribution in [0.4, 0.5) is 17.1 Å². The first kappa shape index (κ1) is 18.0. The summed E-state index contributed by atoms with van der Waals surface area (Å²) in [7, 11) is 0. The van der Waals surface area contributed by atoms with Crippen LogP contribution >= 0.6 is 0 Å². The fraction of sp³-hybridized carbons (Fsp3) is 0.391. The van der Waals surface area contributed by atoms with E-state index in [1.54, 1.807) is 0 Å². The maximum absolute atomic E-state index is 9.13. The molecule has 29 heavy (non-hydrogen) atoms. The van der Waals surface area contributed by atoms with Gasteiger partial charge in [-0.15, -0.1) is 0 Å². The molecule has 3 aromatic rings. The molecule has 0 spiro atoms. The molecular formula is C23H25N5O. The van der Waals surface area contributed by atoms with E-state index in [1.165, 1.54) is 6.42 Å². The number of nitrogens with zero attached hydrogens (tertiary/aromatic N) is 4. The van der Waals surface area contributed by atoms with Crippen LogP contribution in [0.3, 0.4) is 0 Å². The first-order valence-electron chi connectivity index (χ1n) is 10.2. The summed E-state index contributed by atoms with van der Waals surface area (Å²) in [5, 5.41) is 18.6. The van der Waals surface area contributed by atoms with Crippen molar-refractivity contribution in [2.24, 2.45) is 0 Å². The second-order valence-corrected chi connectivity index (χ2v) is 8.59. The Hall–Kier alpha value is -3.04. The highest BCUT2D eigenvalue weighted by atomic mass is 16.5. The topological polar surface area (TPSA) is 66.1 Å². The van der Waals surface area contributed by atoms with Gasteiger partial charge in [0.05, 0.1) is 34.7 Å². The van der Waals surface area contributed by atoms with E-state index in [0.29, 0.717) is 5.56 Å². The number of rotatable bonds is 2. The summed E-state index contributed by atoms with van der Waals surface area (Å²) in [4.78, 5) is 2.32. The van der Waals surface area contributed by atoms with Crippen molar-refractivity contribution >= 4 is 28.0 Å². The average molecular weight is 387 g/mol. The van der Waals surface area contributed by atoms with Gasteiger partial charge in [0.1, 0.15) is 0 Å². The van der Waals surface area contributed by atoms with Gasteiger partial charge in [0, 0.05) is 29.8 Å². The maximum atomic E-state index is 9.13. The number of anilines is 3. The molecule has 0 amide bonds. The molecule has 1 saturated heterocycles. The van der Waals surface area contributed by atoms with Crippen LogP contribution in [0.2, 0.25) is 0 Å². The SMILES string of the molecule is CC1(C)CN(c2ccc(C#N)cc2)c2cc3c(cnn3C3CCCCO3)cc2N1. The van der Waals surface area contributed by atoms with Crippen LogP contribution in [0.25, 0.3) is 10.9 Å². The molecule has 6 nitrogen and oxygen atoms in total. The van der Waals surface area contributed by atoms with Crippen molar-refractivity contribution in [1.82, 2.24) is 9.78 Å². The minimum atomic E-state index is -0.0863. The quantitative estimate of drug-likeness (QED) is 0.674. The third kappa shape index (κ3) is 3.22. The summed E-state index contributed by atoms with van der Waals surface area (Å²) in [6.45, 7) is 6.03. The van der Waals surface area contributed by atoms with Gasteiger partial charge in [0.2, 0.25) is 0 Å². The minimum absolute atomic E-state index is 0.00986. The van der Waals surface area contributed by atoms with E-state index in [2.05, 4.69) is 47.4 Å². The van der Waals surface area contributed by atoms with Crippen molar-refractivity contribution in [1.29, 1.82) is 5.26 Å². The van der Waals surface area contributed by atoms with Gasteiger partial charge < -0.3 is 15.0 Å². The Balaban J connectivity index is 1.62. The highest BCUT2D eigenvalue weighted by Gasteiger charge is 2.31. The highest BCUT2D eigenvalue weighted by Crippen LogP contribution is 2.42. The monoisotopic (exact) mass is 387 g/mol. The second kappa shape index (κ2) is 6.78. The zero-order valence-corrected chi connectivity index (χ0v) is 16.9. The van der Waals surface area contributed by atoms with Crippen molar-refractivity contribution in [3.8, 4) is 6.07 Å². The predicted molar refractivity (Wildman–Crippen MR) is 114 cm³/mol. The van der Waals surface area contributed by atoms with Gasteiger partial charge in [-0.1, -0.05) is 0 Å². The number of nitrogens with one attached hydrogen (secondary N) is 1. The lowest BCUT2D eigenvalue weighted by Gasteiger charge is -2.42. The van der Waals surface area contributed by atoms with Crippen LogP contribution in [0.5, 0.6) is 0 Å². The van der Waals surface area contributed by atoms with E-state index in [1.807, 2.05) is 35.1 Å². The summed E-state index contributed by atoms with van der Waals surface area (Å²) in [5.74, 6) is 0. The van der Waals surface area contributed by atoms with Gasteiger partial charge in [-0.25, -0.2) is 4.68 Å². The summed E-state index contributed by atoms with van der Waals surface area (Å²) < 4.78 is 8.02. The number of benzene rings is 2. The molecule has 2 aliphatic rings. The van der Waals surface area contributed by atoms with Crippen LogP contribution < -0.4 is 10.2 Å².